The number of nitrogens with two attached hydrogens (primary N) is 2. The van der Waals surface area contributed by atoms with Gasteiger partial charge in [-0.1, -0.05) is 0 Å². The van der Waals surface area contributed by atoms with Crippen molar-refractivity contribution in [2.45, 2.75) is 24.7 Å². The molecule has 0 saturated heterocycles. The maximum Gasteiger partial charge on any atom is 0.420 e. The molecule has 4 nitrogen and oxygen atoms in total. The molecule has 0 fully saturated rings. The normalized spacial score (nSPS) is 12.9. The second-order valence-electron chi connectivity index (χ2n) is 7.47. The van der Waals surface area contributed by atoms with Gasteiger partial charge in [0.2, 0.25) is 0 Å². The van der Waals surface area contributed by atoms with E-state index in [1.54, 1.807) is 0 Å². The second-order valence-corrected chi connectivity index (χ2v) is 7.47. The quantitative estimate of drug-likeness (QED) is 0.246. The first-order valence-electron chi connectivity index (χ1n) is 9.80. The molecule has 0 aliphatic carbocycles. The summed E-state index contributed by atoms with van der Waals surface area (Å²) in [6.07, 6.45) is -22.1. The minimum Gasteiger partial charge on any atom is -0.457 e. The van der Waals surface area contributed by atoms with Crippen molar-refractivity contribution >= 4 is 11.4 Å². The van der Waals surface area contributed by atoms with E-state index in [4.69, 9.17) is 20.9 Å². The Kier molecular flexibility index (Phi) is 7.07. The SMILES string of the molecule is Nc1ccc(Oc2ccc(Oc3ccc(N)c(C(F)(F)F)c3C(F)(F)F)cc2)c(C(F)(F)F)c1C(F)(F)F. The van der Waals surface area contributed by atoms with Crippen LogP contribution in [0.25, 0.3) is 0 Å². The molecular weight excluding hydrogens is 552 g/mol. The molecule has 0 atom stereocenters. The number of benzene rings is 3. The Balaban J connectivity index is 2.00. The highest BCUT2D eigenvalue weighted by Crippen LogP contribution is 2.50. The predicted octanol–water partition coefficient (Wildman–Crippen LogP) is 8.51. The van der Waals surface area contributed by atoms with Crippen molar-refractivity contribution in [3.63, 3.8) is 0 Å². The fourth-order valence-corrected chi connectivity index (χ4v) is 3.37. The highest BCUT2D eigenvalue weighted by molar-refractivity contribution is 5.61. The zero-order valence-electron chi connectivity index (χ0n) is 18.1. The Morgan fingerprint density at radius 2 is 0.658 bits per heavy atom. The summed E-state index contributed by atoms with van der Waals surface area (Å²) in [5, 5.41) is 0. The van der Waals surface area contributed by atoms with Crippen molar-refractivity contribution < 1.29 is 62.2 Å². The fraction of sp³-hybridized carbons (Fsp3) is 0.182. The zero-order chi connectivity index (χ0) is 28.8. The van der Waals surface area contributed by atoms with Gasteiger partial charge in [0, 0.05) is 11.4 Å². The Morgan fingerprint density at radius 1 is 0.395 bits per heavy atom. The first-order valence-corrected chi connectivity index (χ1v) is 9.80. The molecule has 16 heteroatoms. The monoisotopic (exact) mass is 564 g/mol. The summed E-state index contributed by atoms with van der Waals surface area (Å²) in [6.45, 7) is 0. The number of halogens is 12. The summed E-state index contributed by atoms with van der Waals surface area (Å²) >= 11 is 0. The molecule has 0 aliphatic heterocycles. The van der Waals surface area contributed by atoms with Gasteiger partial charge in [-0.3, -0.25) is 0 Å². The van der Waals surface area contributed by atoms with E-state index in [-0.39, 0.29) is 0 Å². The van der Waals surface area contributed by atoms with Crippen molar-refractivity contribution in [1.82, 2.24) is 0 Å². The van der Waals surface area contributed by atoms with Crippen LogP contribution in [-0.4, -0.2) is 0 Å². The van der Waals surface area contributed by atoms with E-state index in [1.807, 2.05) is 0 Å². The van der Waals surface area contributed by atoms with Crippen molar-refractivity contribution in [2.24, 2.45) is 0 Å². The number of hydrogen-bond donors (Lipinski definition) is 2. The predicted molar refractivity (Wildman–Crippen MR) is 108 cm³/mol. The average molecular weight is 564 g/mol. The highest BCUT2D eigenvalue weighted by Gasteiger charge is 2.48. The number of hydrogen-bond acceptors (Lipinski definition) is 4. The van der Waals surface area contributed by atoms with E-state index in [1.165, 1.54) is 0 Å². The van der Waals surface area contributed by atoms with E-state index < -0.39 is 81.3 Å². The lowest BCUT2D eigenvalue weighted by Crippen LogP contribution is -2.19. The van der Waals surface area contributed by atoms with Gasteiger partial charge in [0.1, 0.15) is 34.1 Å². The molecule has 0 heterocycles. The fourth-order valence-electron chi connectivity index (χ4n) is 3.37. The lowest BCUT2D eigenvalue weighted by Gasteiger charge is -2.21. The Labute approximate surface area is 204 Å². The molecular formula is C22H12F12N2O2. The maximum absolute atomic E-state index is 13.5. The molecule has 0 aromatic heterocycles. The molecule has 3 aromatic carbocycles. The van der Waals surface area contributed by atoms with Gasteiger partial charge in [0.05, 0.1) is 11.1 Å². The number of rotatable bonds is 4. The number of alkyl halides is 12. The lowest BCUT2D eigenvalue weighted by molar-refractivity contribution is -0.162. The van der Waals surface area contributed by atoms with Crippen LogP contribution in [0, 0.1) is 0 Å². The minimum atomic E-state index is -5.56. The van der Waals surface area contributed by atoms with E-state index in [9.17, 15) is 52.7 Å². The van der Waals surface area contributed by atoms with Gasteiger partial charge < -0.3 is 20.9 Å². The third-order valence-corrected chi connectivity index (χ3v) is 4.81. The van der Waals surface area contributed by atoms with Gasteiger partial charge in [-0.2, -0.15) is 52.7 Å². The van der Waals surface area contributed by atoms with Crippen LogP contribution < -0.4 is 20.9 Å². The number of ether oxygens (including phenoxy) is 2. The van der Waals surface area contributed by atoms with Gasteiger partial charge in [-0.15, -0.1) is 0 Å². The van der Waals surface area contributed by atoms with E-state index in [0.717, 1.165) is 24.3 Å². The van der Waals surface area contributed by atoms with Crippen molar-refractivity contribution in [1.29, 1.82) is 0 Å². The third-order valence-electron chi connectivity index (χ3n) is 4.81. The molecule has 0 spiro atoms. The largest absolute Gasteiger partial charge is 0.457 e. The van der Waals surface area contributed by atoms with E-state index in [0.29, 0.717) is 24.3 Å². The summed E-state index contributed by atoms with van der Waals surface area (Å²) in [4.78, 5) is 0. The van der Waals surface area contributed by atoms with Gasteiger partial charge in [0.15, 0.2) is 0 Å². The maximum atomic E-state index is 13.5. The summed E-state index contributed by atoms with van der Waals surface area (Å²) in [5.41, 5.74) is -1.06. The lowest BCUT2D eigenvalue weighted by atomic mass is 10.0. The molecule has 3 aromatic rings. The van der Waals surface area contributed by atoms with Crippen LogP contribution in [0.15, 0.2) is 48.5 Å². The molecule has 0 amide bonds. The molecule has 0 saturated carbocycles. The first kappa shape index (κ1) is 28.6. The minimum absolute atomic E-state index is 0.523. The van der Waals surface area contributed by atoms with Crippen molar-refractivity contribution in [3.05, 3.63) is 70.8 Å². The van der Waals surface area contributed by atoms with Crippen LogP contribution in [0.5, 0.6) is 23.0 Å². The van der Waals surface area contributed by atoms with E-state index >= 15 is 0 Å². The van der Waals surface area contributed by atoms with Crippen LogP contribution in [0.3, 0.4) is 0 Å². The van der Waals surface area contributed by atoms with Gasteiger partial charge >= 0.3 is 24.7 Å². The van der Waals surface area contributed by atoms with Crippen LogP contribution >= 0.6 is 0 Å². The molecule has 0 aliphatic rings. The molecule has 0 unspecified atom stereocenters. The van der Waals surface area contributed by atoms with Crippen molar-refractivity contribution in [3.8, 4) is 23.0 Å². The number of nitrogen functional groups attached to an aromatic ring is 2. The molecule has 206 valence electrons. The second kappa shape index (κ2) is 9.40. The van der Waals surface area contributed by atoms with Crippen LogP contribution in [-0.2, 0) is 24.7 Å². The molecule has 38 heavy (non-hydrogen) atoms. The molecule has 0 radical (unpaired) electrons. The summed E-state index contributed by atoms with van der Waals surface area (Å²) in [5.74, 6) is -3.63. The van der Waals surface area contributed by atoms with Crippen LogP contribution in [0.4, 0.5) is 64.1 Å². The van der Waals surface area contributed by atoms with Crippen LogP contribution in [0.1, 0.15) is 22.3 Å². The smallest absolute Gasteiger partial charge is 0.420 e. The summed E-state index contributed by atoms with van der Waals surface area (Å²) in [7, 11) is 0. The van der Waals surface area contributed by atoms with Gasteiger partial charge in [-0.25, -0.2) is 0 Å². The highest BCUT2D eigenvalue weighted by atomic mass is 19.4. The Bertz CT molecular complexity index is 1220. The summed E-state index contributed by atoms with van der Waals surface area (Å²) in [6, 6.07) is 5.32. The van der Waals surface area contributed by atoms with E-state index in [2.05, 4.69) is 0 Å². The Hall–Kier alpha value is -3.98. The Morgan fingerprint density at radius 3 is 0.895 bits per heavy atom. The summed E-state index contributed by atoms with van der Waals surface area (Å²) < 4.78 is 170. The average Bonchev–Trinajstić information content (AvgIpc) is 2.74. The van der Waals surface area contributed by atoms with Gasteiger partial charge in [0.25, 0.3) is 0 Å². The van der Waals surface area contributed by atoms with Gasteiger partial charge in [-0.05, 0) is 48.5 Å². The molecule has 4 N–H and O–H groups in total. The molecule has 3 rings (SSSR count). The zero-order valence-corrected chi connectivity index (χ0v) is 18.1. The number of anilines is 2. The molecule has 0 bridgehead atoms. The standard InChI is InChI=1S/C22H12F12N2O2/c23-19(24,25)15-11(35)5-7-13(17(15)21(29,30)31)37-9-1-2-10(4-3-9)38-14-8-6-12(36)16(20(26,27)28)18(14)22(32,33)34/h1-8H,35-36H2. The third kappa shape index (κ3) is 5.94. The topological polar surface area (TPSA) is 70.5 Å². The van der Waals surface area contributed by atoms with Crippen LogP contribution in [0.2, 0.25) is 0 Å². The first-order chi connectivity index (χ1) is 17.2. The van der Waals surface area contributed by atoms with Crippen molar-refractivity contribution in [2.75, 3.05) is 11.5 Å².